The number of amides is 1. The van der Waals surface area contributed by atoms with Crippen LogP contribution in [0.4, 0.5) is 5.69 Å². The first kappa shape index (κ1) is 13.3. The molecule has 0 radical (unpaired) electrons. The van der Waals surface area contributed by atoms with Crippen molar-refractivity contribution in [3.8, 4) is 5.75 Å². The van der Waals surface area contributed by atoms with Crippen LogP contribution in [0.15, 0.2) is 33.2 Å². The van der Waals surface area contributed by atoms with Crippen LogP contribution in [-0.4, -0.2) is 13.0 Å². The average Bonchev–Trinajstić information content (AvgIpc) is 2.22. The van der Waals surface area contributed by atoms with E-state index in [1.54, 1.807) is 26.2 Å². The number of anilines is 1. The largest absolute Gasteiger partial charge is 0.495 e. The van der Waals surface area contributed by atoms with Gasteiger partial charge in [-0.25, -0.2) is 0 Å². The van der Waals surface area contributed by atoms with E-state index in [4.69, 9.17) is 4.74 Å². The highest BCUT2D eigenvalue weighted by Gasteiger charge is 2.08. The fraction of sp³-hybridized carbons (Fsp3) is 0.182. The molecule has 0 aliphatic heterocycles. The molecule has 0 saturated carbocycles. The monoisotopic (exact) mass is 347 g/mol. The maximum atomic E-state index is 11.4. The Morgan fingerprint density at radius 1 is 1.38 bits per heavy atom. The van der Waals surface area contributed by atoms with E-state index < -0.39 is 0 Å². The standard InChI is InChI=1S/C11H11Br2NO2/c1-3-4-11(15)14-9-6-10(16-2)8(13)5-7(9)12/h3-6H,1-2H3,(H,14,15)/b4-3+. The first-order valence-corrected chi connectivity index (χ1v) is 6.13. The van der Waals surface area contributed by atoms with Gasteiger partial charge in [-0.05, 0) is 50.9 Å². The zero-order chi connectivity index (χ0) is 12.1. The fourth-order valence-corrected chi connectivity index (χ4v) is 2.36. The number of rotatable bonds is 3. The van der Waals surface area contributed by atoms with Crippen LogP contribution in [-0.2, 0) is 4.79 Å². The summed E-state index contributed by atoms with van der Waals surface area (Å²) >= 11 is 6.72. The molecule has 0 spiro atoms. The van der Waals surface area contributed by atoms with E-state index in [0.717, 1.165) is 8.95 Å². The van der Waals surface area contributed by atoms with Crippen molar-refractivity contribution in [3.05, 3.63) is 33.2 Å². The molecule has 0 saturated heterocycles. The van der Waals surface area contributed by atoms with E-state index in [1.165, 1.54) is 6.08 Å². The van der Waals surface area contributed by atoms with Crippen molar-refractivity contribution >= 4 is 43.5 Å². The van der Waals surface area contributed by atoms with Crippen molar-refractivity contribution in [1.82, 2.24) is 0 Å². The Morgan fingerprint density at radius 2 is 2.06 bits per heavy atom. The number of hydrogen-bond donors (Lipinski definition) is 1. The normalized spacial score (nSPS) is 10.5. The van der Waals surface area contributed by atoms with E-state index in [9.17, 15) is 4.79 Å². The van der Waals surface area contributed by atoms with Crippen LogP contribution < -0.4 is 10.1 Å². The second-order valence-corrected chi connectivity index (χ2v) is 4.66. The van der Waals surface area contributed by atoms with Gasteiger partial charge in [-0.2, -0.15) is 0 Å². The second-order valence-electron chi connectivity index (χ2n) is 2.96. The molecule has 0 fully saturated rings. The smallest absolute Gasteiger partial charge is 0.248 e. The molecule has 0 bridgehead atoms. The second kappa shape index (κ2) is 6.06. The molecule has 16 heavy (non-hydrogen) atoms. The van der Waals surface area contributed by atoms with Gasteiger partial charge >= 0.3 is 0 Å². The van der Waals surface area contributed by atoms with Crippen LogP contribution >= 0.6 is 31.9 Å². The lowest BCUT2D eigenvalue weighted by molar-refractivity contribution is -0.111. The Morgan fingerprint density at radius 3 is 2.62 bits per heavy atom. The van der Waals surface area contributed by atoms with Gasteiger partial charge in [0.15, 0.2) is 0 Å². The lowest BCUT2D eigenvalue weighted by atomic mass is 10.3. The van der Waals surface area contributed by atoms with Gasteiger partial charge in [-0.3, -0.25) is 4.79 Å². The molecular formula is C11H11Br2NO2. The first-order valence-electron chi connectivity index (χ1n) is 4.55. The van der Waals surface area contributed by atoms with Crippen LogP contribution in [0.1, 0.15) is 6.92 Å². The molecule has 1 aromatic carbocycles. The van der Waals surface area contributed by atoms with E-state index in [2.05, 4.69) is 37.2 Å². The number of benzene rings is 1. The number of allylic oxidation sites excluding steroid dienone is 1. The number of ether oxygens (including phenoxy) is 1. The van der Waals surface area contributed by atoms with E-state index in [1.807, 2.05) is 6.07 Å². The van der Waals surface area contributed by atoms with Crippen LogP contribution in [0.5, 0.6) is 5.75 Å². The van der Waals surface area contributed by atoms with Gasteiger partial charge in [0.2, 0.25) is 5.91 Å². The lowest BCUT2D eigenvalue weighted by Gasteiger charge is -2.09. The van der Waals surface area contributed by atoms with Crippen LogP contribution in [0.3, 0.4) is 0 Å². The number of halogens is 2. The molecule has 0 heterocycles. The molecule has 1 rings (SSSR count). The van der Waals surface area contributed by atoms with Gasteiger partial charge < -0.3 is 10.1 Å². The molecule has 1 aromatic rings. The predicted molar refractivity (Wildman–Crippen MR) is 71.8 cm³/mol. The number of methoxy groups -OCH3 is 1. The molecule has 1 N–H and O–H groups in total. The van der Waals surface area contributed by atoms with Gasteiger partial charge in [0.25, 0.3) is 0 Å². The quantitative estimate of drug-likeness (QED) is 0.845. The number of hydrogen-bond acceptors (Lipinski definition) is 2. The van der Waals surface area contributed by atoms with Crippen molar-refractivity contribution < 1.29 is 9.53 Å². The van der Waals surface area contributed by atoms with Crippen molar-refractivity contribution in [1.29, 1.82) is 0 Å². The van der Waals surface area contributed by atoms with Crippen LogP contribution in [0, 0.1) is 0 Å². The SMILES string of the molecule is C/C=C/C(=O)Nc1cc(OC)c(Br)cc1Br. The highest BCUT2D eigenvalue weighted by Crippen LogP contribution is 2.34. The van der Waals surface area contributed by atoms with Crippen molar-refractivity contribution in [3.63, 3.8) is 0 Å². The minimum Gasteiger partial charge on any atom is -0.495 e. The Balaban J connectivity index is 3.00. The number of carbonyl (C=O) groups is 1. The maximum absolute atomic E-state index is 11.4. The number of nitrogens with one attached hydrogen (secondary N) is 1. The predicted octanol–water partition coefficient (Wildman–Crippen LogP) is 3.73. The minimum atomic E-state index is -0.174. The van der Waals surface area contributed by atoms with Crippen molar-refractivity contribution in [2.75, 3.05) is 12.4 Å². The van der Waals surface area contributed by atoms with Gasteiger partial charge in [0.05, 0.1) is 17.3 Å². The zero-order valence-electron chi connectivity index (χ0n) is 8.88. The summed E-state index contributed by atoms with van der Waals surface area (Å²) in [5.74, 6) is 0.492. The van der Waals surface area contributed by atoms with E-state index in [0.29, 0.717) is 11.4 Å². The lowest BCUT2D eigenvalue weighted by Crippen LogP contribution is -2.08. The Hall–Kier alpha value is -0.810. The molecule has 0 atom stereocenters. The molecule has 1 amide bonds. The van der Waals surface area contributed by atoms with Gasteiger partial charge in [0, 0.05) is 10.5 Å². The summed E-state index contributed by atoms with van der Waals surface area (Å²) in [4.78, 5) is 11.4. The summed E-state index contributed by atoms with van der Waals surface area (Å²) in [6, 6.07) is 3.57. The molecular weight excluding hydrogens is 338 g/mol. The molecule has 86 valence electrons. The van der Waals surface area contributed by atoms with Crippen LogP contribution in [0.25, 0.3) is 0 Å². The summed E-state index contributed by atoms with van der Waals surface area (Å²) in [7, 11) is 1.57. The third-order valence-electron chi connectivity index (χ3n) is 1.82. The molecule has 0 aromatic heterocycles. The molecule has 0 aliphatic rings. The Labute approximate surface area is 111 Å². The Kier molecular flexibility index (Phi) is 5.02. The summed E-state index contributed by atoms with van der Waals surface area (Å²) in [6.07, 6.45) is 3.14. The topological polar surface area (TPSA) is 38.3 Å². The minimum absolute atomic E-state index is 0.174. The van der Waals surface area contributed by atoms with Crippen molar-refractivity contribution in [2.45, 2.75) is 6.92 Å². The van der Waals surface area contributed by atoms with Gasteiger partial charge in [-0.1, -0.05) is 6.08 Å². The van der Waals surface area contributed by atoms with Crippen LogP contribution in [0.2, 0.25) is 0 Å². The molecule has 5 heteroatoms. The maximum Gasteiger partial charge on any atom is 0.248 e. The third-order valence-corrected chi connectivity index (χ3v) is 3.09. The first-order chi connectivity index (χ1) is 7.58. The highest BCUT2D eigenvalue weighted by atomic mass is 79.9. The fourth-order valence-electron chi connectivity index (χ4n) is 1.11. The van der Waals surface area contributed by atoms with Gasteiger partial charge in [-0.15, -0.1) is 0 Å². The summed E-state index contributed by atoms with van der Waals surface area (Å²) in [5.41, 5.74) is 0.670. The average molecular weight is 349 g/mol. The van der Waals surface area contributed by atoms with Crippen molar-refractivity contribution in [2.24, 2.45) is 0 Å². The molecule has 0 unspecified atom stereocenters. The summed E-state index contributed by atoms with van der Waals surface area (Å²) < 4.78 is 6.76. The van der Waals surface area contributed by atoms with E-state index in [-0.39, 0.29) is 5.91 Å². The highest BCUT2D eigenvalue weighted by molar-refractivity contribution is 9.11. The zero-order valence-corrected chi connectivity index (χ0v) is 12.1. The molecule has 0 aliphatic carbocycles. The summed E-state index contributed by atoms with van der Waals surface area (Å²) in [5, 5.41) is 2.74. The third kappa shape index (κ3) is 3.35. The number of carbonyl (C=O) groups excluding carboxylic acids is 1. The van der Waals surface area contributed by atoms with Gasteiger partial charge in [0.1, 0.15) is 5.75 Å². The summed E-state index contributed by atoms with van der Waals surface area (Å²) in [6.45, 7) is 1.79. The Bertz CT molecular complexity index is 430. The molecule has 3 nitrogen and oxygen atoms in total. The van der Waals surface area contributed by atoms with E-state index >= 15 is 0 Å².